The Morgan fingerprint density at radius 2 is 2.12 bits per heavy atom. The lowest BCUT2D eigenvalue weighted by atomic mass is 9.97. The maximum atomic E-state index is 4.26. The van der Waals surface area contributed by atoms with Crippen LogP contribution in [0.5, 0.6) is 0 Å². The van der Waals surface area contributed by atoms with Gasteiger partial charge in [-0.3, -0.25) is 4.40 Å². The number of aromatic nitrogens is 4. The molecule has 5 nitrogen and oxygen atoms in total. The molecule has 1 fully saturated rings. The third kappa shape index (κ3) is 1.72. The summed E-state index contributed by atoms with van der Waals surface area (Å²) >= 11 is 3.42. The van der Waals surface area contributed by atoms with Gasteiger partial charge in [-0.25, -0.2) is 4.98 Å². The Morgan fingerprint density at radius 3 is 2.94 bits per heavy atom. The molecule has 0 saturated carbocycles. The summed E-state index contributed by atoms with van der Waals surface area (Å²) in [6.45, 7) is 2.11. The molecule has 16 heavy (non-hydrogen) atoms. The highest BCUT2D eigenvalue weighted by Gasteiger charge is 2.20. The summed E-state index contributed by atoms with van der Waals surface area (Å²) in [6, 6.07) is 0. The maximum absolute atomic E-state index is 4.26. The van der Waals surface area contributed by atoms with Gasteiger partial charge in [0.1, 0.15) is 5.82 Å². The first-order chi connectivity index (χ1) is 7.84. The average molecular weight is 282 g/mol. The van der Waals surface area contributed by atoms with Gasteiger partial charge in [0.05, 0.1) is 4.47 Å². The molecule has 0 aromatic carbocycles. The standard InChI is InChI=1S/C10H12BrN5/c11-8-5-13-10-15-14-9(16(10)6-8)7-1-3-12-4-2-7/h5-7,12H,1-4H2. The van der Waals surface area contributed by atoms with Crippen LogP contribution in [0.2, 0.25) is 0 Å². The van der Waals surface area contributed by atoms with Gasteiger partial charge in [-0.15, -0.1) is 10.2 Å². The van der Waals surface area contributed by atoms with Crippen molar-refractivity contribution in [2.24, 2.45) is 0 Å². The second kappa shape index (κ2) is 4.10. The van der Waals surface area contributed by atoms with Crippen molar-refractivity contribution in [3.8, 4) is 0 Å². The predicted octanol–water partition coefficient (Wildman–Crippen LogP) is 1.35. The molecular weight excluding hydrogens is 270 g/mol. The van der Waals surface area contributed by atoms with Gasteiger partial charge in [-0.05, 0) is 41.9 Å². The Morgan fingerprint density at radius 1 is 1.31 bits per heavy atom. The van der Waals surface area contributed by atoms with Crippen molar-refractivity contribution < 1.29 is 0 Å². The molecule has 0 amide bonds. The van der Waals surface area contributed by atoms with Crippen molar-refractivity contribution >= 4 is 21.7 Å². The van der Waals surface area contributed by atoms with E-state index in [1.165, 1.54) is 0 Å². The minimum Gasteiger partial charge on any atom is -0.317 e. The van der Waals surface area contributed by atoms with Gasteiger partial charge >= 0.3 is 0 Å². The number of hydrogen-bond donors (Lipinski definition) is 1. The van der Waals surface area contributed by atoms with Crippen LogP contribution >= 0.6 is 15.9 Å². The highest BCUT2D eigenvalue weighted by Crippen LogP contribution is 2.24. The number of nitrogens with zero attached hydrogens (tertiary/aromatic N) is 4. The third-order valence-corrected chi connectivity index (χ3v) is 3.37. The molecule has 3 heterocycles. The van der Waals surface area contributed by atoms with Gasteiger partial charge < -0.3 is 5.32 Å². The van der Waals surface area contributed by atoms with E-state index in [9.17, 15) is 0 Å². The lowest BCUT2D eigenvalue weighted by Gasteiger charge is -2.20. The van der Waals surface area contributed by atoms with E-state index in [0.29, 0.717) is 11.7 Å². The molecule has 0 radical (unpaired) electrons. The van der Waals surface area contributed by atoms with E-state index in [4.69, 9.17) is 0 Å². The van der Waals surface area contributed by atoms with E-state index in [2.05, 4.69) is 36.4 Å². The van der Waals surface area contributed by atoms with Crippen molar-refractivity contribution in [1.29, 1.82) is 0 Å². The molecule has 1 saturated heterocycles. The zero-order valence-corrected chi connectivity index (χ0v) is 10.3. The first-order valence-corrected chi connectivity index (χ1v) is 6.21. The summed E-state index contributed by atoms with van der Waals surface area (Å²) in [4.78, 5) is 4.22. The average Bonchev–Trinajstić information content (AvgIpc) is 2.73. The Bertz CT molecular complexity index is 503. The number of nitrogens with one attached hydrogen (secondary N) is 1. The van der Waals surface area contributed by atoms with Gasteiger partial charge in [-0.1, -0.05) is 0 Å². The molecule has 3 rings (SSSR count). The van der Waals surface area contributed by atoms with Gasteiger partial charge in [0.25, 0.3) is 5.78 Å². The monoisotopic (exact) mass is 281 g/mol. The molecule has 0 bridgehead atoms. The Kier molecular flexibility index (Phi) is 2.61. The van der Waals surface area contributed by atoms with E-state index in [-0.39, 0.29) is 0 Å². The molecule has 0 aliphatic carbocycles. The number of halogens is 1. The smallest absolute Gasteiger partial charge is 0.255 e. The van der Waals surface area contributed by atoms with Crippen LogP contribution in [0, 0.1) is 0 Å². The highest BCUT2D eigenvalue weighted by atomic mass is 79.9. The van der Waals surface area contributed by atoms with Crippen LogP contribution in [0.4, 0.5) is 0 Å². The summed E-state index contributed by atoms with van der Waals surface area (Å²) in [7, 11) is 0. The van der Waals surface area contributed by atoms with Crippen molar-refractivity contribution in [3.05, 3.63) is 22.7 Å². The molecule has 0 atom stereocenters. The van der Waals surface area contributed by atoms with Gasteiger partial charge in [0, 0.05) is 18.3 Å². The molecule has 1 aliphatic rings. The van der Waals surface area contributed by atoms with Gasteiger partial charge in [0.2, 0.25) is 0 Å². The van der Waals surface area contributed by atoms with E-state index in [1.54, 1.807) is 6.20 Å². The zero-order valence-electron chi connectivity index (χ0n) is 8.73. The lowest BCUT2D eigenvalue weighted by Crippen LogP contribution is -2.27. The second-order valence-electron chi connectivity index (χ2n) is 4.02. The zero-order chi connectivity index (χ0) is 11.0. The Hall–Kier alpha value is -1.01. The van der Waals surface area contributed by atoms with Crippen molar-refractivity contribution in [2.75, 3.05) is 13.1 Å². The number of piperidine rings is 1. The van der Waals surface area contributed by atoms with E-state index < -0.39 is 0 Å². The fourth-order valence-corrected chi connectivity index (χ4v) is 2.45. The summed E-state index contributed by atoms with van der Waals surface area (Å²) < 4.78 is 2.94. The summed E-state index contributed by atoms with van der Waals surface area (Å²) in [5.41, 5.74) is 0. The molecule has 84 valence electrons. The normalized spacial score (nSPS) is 18.1. The van der Waals surface area contributed by atoms with Crippen LogP contribution in [0.25, 0.3) is 5.78 Å². The molecule has 2 aromatic heterocycles. The second-order valence-corrected chi connectivity index (χ2v) is 4.94. The first kappa shape index (κ1) is 10.2. The Balaban J connectivity index is 2.05. The minimum atomic E-state index is 0.493. The van der Waals surface area contributed by atoms with Crippen molar-refractivity contribution in [1.82, 2.24) is 24.9 Å². The molecule has 1 N–H and O–H groups in total. The van der Waals surface area contributed by atoms with Crippen LogP contribution in [-0.4, -0.2) is 32.7 Å². The number of hydrogen-bond acceptors (Lipinski definition) is 4. The van der Waals surface area contributed by atoms with Crippen LogP contribution in [0.3, 0.4) is 0 Å². The molecule has 1 aliphatic heterocycles. The summed E-state index contributed by atoms with van der Waals surface area (Å²) in [6.07, 6.45) is 5.97. The topological polar surface area (TPSA) is 55.1 Å². The molecule has 0 unspecified atom stereocenters. The fourth-order valence-electron chi connectivity index (χ4n) is 2.14. The molecule has 0 spiro atoms. The lowest BCUT2D eigenvalue weighted by molar-refractivity contribution is 0.442. The van der Waals surface area contributed by atoms with E-state index in [0.717, 1.165) is 36.2 Å². The van der Waals surface area contributed by atoms with E-state index in [1.807, 2.05) is 10.6 Å². The van der Waals surface area contributed by atoms with Gasteiger partial charge in [-0.2, -0.15) is 0 Å². The quantitative estimate of drug-likeness (QED) is 0.858. The van der Waals surface area contributed by atoms with Crippen molar-refractivity contribution in [2.45, 2.75) is 18.8 Å². The SMILES string of the molecule is Brc1cnc2nnc(C3CCNCC3)n2c1. The van der Waals surface area contributed by atoms with Crippen molar-refractivity contribution in [3.63, 3.8) is 0 Å². The first-order valence-electron chi connectivity index (χ1n) is 5.41. The van der Waals surface area contributed by atoms with Crippen LogP contribution < -0.4 is 5.32 Å². The van der Waals surface area contributed by atoms with Gasteiger partial charge in [0.15, 0.2) is 0 Å². The largest absolute Gasteiger partial charge is 0.317 e. The maximum Gasteiger partial charge on any atom is 0.255 e. The number of rotatable bonds is 1. The fraction of sp³-hybridized carbons (Fsp3) is 0.500. The van der Waals surface area contributed by atoms with Crippen LogP contribution in [0.15, 0.2) is 16.9 Å². The molecular formula is C10H12BrN5. The van der Waals surface area contributed by atoms with Crippen LogP contribution in [-0.2, 0) is 0 Å². The Labute approximate surface area is 101 Å². The highest BCUT2D eigenvalue weighted by molar-refractivity contribution is 9.10. The minimum absolute atomic E-state index is 0.493. The summed E-state index contributed by atoms with van der Waals surface area (Å²) in [5, 5.41) is 11.7. The predicted molar refractivity (Wildman–Crippen MR) is 63.3 cm³/mol. The number of fused-ring (bicyclic) bond motifs is 1. The van der Waals surface area contributed by atoms with E-state index >= 15 is 0 Å². The molecule has 2 aromatic rings. The third-order valence-electron chi connectivity index (χ3n) is 2.96. The molecule has 6 heteroatoms. The summed E-state index contributed by atoms with van der Waals surface area (Å²) in [5.74, 6) is 2.20. The van der Waals surface area contributed by atoms with Crippen LogP contribution in [0.1, 0.15) is 24.6 Å².